The van der Waals surface area contributed by atoms with Gasteiger partial charge in [-0.3, -0.25) is 14.5 Å². The molecule has 0 N–H and O–H groups in total. The van der Waals surface area contributed by atoms with Gasteiger partial charge in [0.15, 0.2) is 0 Å². The van der Waals surface area contributed by atoms with Crippen LogP contribution in [0.15, 0.2) is 24.3 Å². The minimum atomic E-state index is -0.0195. The van der Waals surface area contributed by atoms with E-state index in [2.05, 4.69) is 28.0 Å². The Morgan fingerprint density at radius 3 is 2.44 bits per heavy atom. The first-order valence-corrected chi connectivity index (χ1v) is 12.4. The van der Waals surface area contributed by atoms with E-state index in [1.165, 1.54) is 5.56 Å². The summed E-state index contributed by atoms with van der Waals surface area (Å²) >= 11 is 0. The average molecular weight is 444 g/mol. The van der Waals surface area contributed by atoms with Crippen LogP contribution in [0.3, 0.4) is 0 Å². The van der Waals surface area contributed by atoms with Gasteiger partial charge in [0.05, 0.1) is 13.2 Å². The fourth-order valence-electron chi connectivity index (χ4n) is 5.16. The number of morpholine rings is 1. The van der Waals surface area contributed by atoms with E-state index in [1.807, 2.05) is 38.7 Å². The highest BCUT2D eigenvalue weighted by molar-refractivity contribution is 5.95. The normalized spacial score (nSPS) is 23.5. The van der Waals surface area contributed by atoms with Crippen LogP contribution in [0, 0.1) is 11.3 Å². The number of para-hydroxylation sites is 1. The lowest BCUT2D eigenvalue weighted by atomic mass is 9.78. The van der Waals surface area contributed by atoms with Gasteiger partial charge in [-0.05, 0) is 36.3 Å². The molecule has 0 radical (unpaired) electrons. The fourth-order valence-corrected chi connectivity index (χ4v) is 5.16. The van der Waals surface area contributed by atoms with Gasteiger partial charge >= 0.3 is 0 Å². The summed E-state index contributed by atoms with van der Waals surface area (Å²) in [6.07, 6.45) is 3.50. The van der Waals surface area contributed by atoms with Crippen LogP contribution in [0.1, 0.15) is 52.5 Å². The smallest absolute Gasteiger partial charge is 0.229 e. The summed E-state index contributed by atoms with van der Waals surface area (Å²) in [5.74, 6) is 0.441. The zero-order valence-electron chi connectivity index (χ0n) is 20.4. The number of carbonyl (C=O) groups excluding carboxylic acids is 2. The van der Waals surface area contributed by atoms with Crippen LogP contribution in [0.4, 0.5) is 5.69 Å². The van der Waals surface area contributed by atoms with Crippen molar-refractivity contribution in [3.8, 4) is 0 Å². The molecule has 4 rings (SSSR count). The van der Waals surface area contributed by atoms with Crippen LogP contribution in [0.5, 0.6) is 0 Å². The van der Waals surface area contributed by atoms with Crippen LogP contribution < -0.4 is 4.90 Å². The molecule has 3 heterocycles. The summed E-state index contributed by atoms with van der Waals surface area (Å²) < 4.78 is 5.40. The molecule has 1 aromatic rings. The van der Waals surface area contributed by atoms with Crippen molar-refractivity contribution in [3.63, 3.8) is 0 Å². The molecule has 2 fully saturated rings. The Morgan fingerprint density at radius 2 is 1.72 bits per heavy atom. The number of rotatable bonds is 4. The van der Waals surface area contributed by atoms with E-state index in [-0.39, 0.29) is 23.1 Å². The Hall–Kier alpha value is -1.92. The second kappa shape index (κ2) is 11.3. The van der Waals surface area contributed by atoms with Crippen LogP contribution in [0.2, 0.25) is 0 Å². The fraction of sp³-hybridized carbons (Fsp3) is 0.692. The topological polar surface area (TPSA) is 53.1 Å². The maximum Gasteiger partial charge on any atom is 0.229 e. The Bertz CT molecular complexity index is 775. The van der Waals surface area contributed by atoms with Gasteiger partial charge in [0.2, 0.25) is 11.8 Å². The first kappa shape index (κ1) is 24.7. The molecule has 32 heavy (non-hydrogen) atoms. The molecule has 6 heteroatoms. The summed E-state index contributed by atoms with van der Waals surface area (Å²) in [5.41, 5.74) is 2.38. The molecule has 0 aliphatic carbocycles. The molecule has 0 aromatic heterocycles. The third-order valence-corrected chi connectivity index (χ3v) is 7.01. The van der Waals surface area contributed by atoms with Crippen molar-refractivity contribution < 1.29 is 14.3 Å². The number of amides is 2. The van der Waals surface area contributed by atoms with Crippen molar-refractivity contribution in [3.05, 3.63) is 29.8 Å². The maximum absolute atomic E-state index is 12.9. The third kappa shape index (κ3) is 5.70. The summed E-state index contributed by atoms with van der Waals surface area (Å²) in [7, 11) is 0. The van der Waals surface area contributed by atoms with Crippen molar-refractivity contribution in [2.45, 2.75) is 53.4 Å². The number of benzene rings is 1. The average Bonchev–Trinajstić information content (AvgIpc) is 3.16. The van der Waals surface area contributed by atoms with Crippen LogP contribution in [0.25, 0.3) is 0 Å². The number of nitrogens with zero attached hydrogens (tertiary/aromatic N) is 3. The van der Waals surface area contributed by atoms with Crippen molar-refractivity contribution in [1.82, 2.24) is 9.80 Å². The molecule has 2 saturated heterocycles. The number of ether oxygens (including phenoxy) is 1. The predicted molar refractivity (Wildman–Crippen MR) is 129 cm³/mol. The largest absolute Gasteiger partial charge is 0.379 e. The first-order chi connectivity index (χ1) is 15.5. The lowest BCUT2D eigenvalue weighted by Gasteiger charge is -2.29. The number of hydrogen-bond donors (Lipinski definition) is 0. The van der Waals surface area contributed by atoms with Crippen molar-refractivity contribution >= 4 is 17.5 Å². The van der Waals surface area contributed by atoms with E-state index >= 15 is 0 Å². The molecular weight excluding hydrogens is 402 g/mol. The number of hydrogen-bond acceptors (Lipinski definition) is 4. The van der Waals surface area contributed by atoms with Crippen molar-refractivity contribution in [2.75, 3.05) is 57.4 Å². The highest BCUT2D eigenvalue weighted by Crippen LogP contribution is 2.43. The first-order valence-electron chi connectivity index (χ1n) is 12.4. The van der Waals surface area contributed by atoms with Gasteiger partial charge in [0.1, 0.15) is 0 Å². The van der Waals surface area contributed by atoms with Crippen LogP contribution in [-0.4, -0.2) is 74.1 Å². The molecule has 1 spiro atoms. The van der Waals surface area contributed by atoms with Crippen molar-refractivity contribution in [1.29, 1.82) is 0 Å². The van der Waals surface area contributed by atoms with E-state index in [0.717, 1.165) is 77.4 Å². The summed E-state index contributed by atoms with van der Waals surface area (Å²) in [5, 5.41) is 0. The molecule has 1 unspecified atom stereocenters. The van der Waals surface area contributed by atoms with Crippen LogP contribution >= 0.6 is 0 Å². The van der Waals surface area contributed by atoms with E-state index in [4.69, 9.17) is 4.74 Å². The second-order valence-electron chi connectivity index (χ2n) is 9.47. The SMILES string of the molecule is CC.CC(C)C(=O)N1CCC2(CCN(C(=O)CCN3CCOCC3)C2)Cc2ccccc21. The number of likely N-dealkylation sites (tertiary alicyclic amines) is 1. The Kier molecular flexibility index (Phi) is 8.72. The highest BCUT2D eigenvalue weighted by Gasteiger charge is 2.42. The Labute approximate surface area is 193 Å². The molecule has 0 bridgehead atoms. The highest BCUT2D eigenvalue weighted by atomic mass is 16.5. The molecule has 178 valence electrons. The maximum atomic E-state index is 12.9. The van der Waals surface area contributed by atoms with Gasteiger partial charge in [-0.1, -0.05) is 45.9 Å². The van der Waals surface area contributed by atoms with Crippen molar-refractivity contribution in [2.24, 2.45) is 11.3 Å². The predicted octanol–water partition coefficient (Wildman–Crippen LogP) is 3.59. The Morgan fingerprint density at radius 1 is 1.03 bits per heavy atom. The van der Waals surface area contributed by atoms with E-state index < -0.39 is 0 Å². The molecule has 1 atom stereocenters. The zero-order valence-corrected chi connectivity index (χ0v) is 20.4. The quantitative estimate of drug-likeness (QED) is 0.714. The minimum Gasteiger partial charge on any atom is -0.379 e. The van der Waals surface area contributed by atoms with Gasteiger partial charge in [0, 0.05) is 57.3 Å². The molecular formula is C26H41N3O3. The third-order valence-electron chi connectivity index (χ3n) is 7.01. The van der Waals surface area contributed by atoms with Gasteiger partial charge in [-0.2, -0.15) is 0 Å². The molecule has 3 aliphatic heterocycles. The Balaban J connectivity index is 0.00000141. The summed E-state index contributed by atoms with van der Waals surface area (Å²) in [4.78, 5) is 32.2. The monoisotopic (exact) mass is 443 g/mol. The zero-order chi connectivity index (χ0) is 23.1. The van der Waals surface area contributed by atoms with Gasteiger partial charge in [-0.25, -0.2) is 0 Å². The molecule has 1 aromatic carbocycles. The molecule has 3 aliphatic rings. The number of anilines is 1. The minimum absolute atomic E-state index is 0.0195. The lowest BCUT2D eigenvalue weighted by molar-refractivity contribution is -0.131. The van der Waals surface area contributed by atoms with Gasteiger partial charge in [-0.15, -0.1) is 0 Å². The summed E-state index contributed by atoms with van der Waals surface area (Å²) in [6.45, 7) is 14.5. The molecule has 0 saturated carbocycles. The van der Waals surface area contributed by atoms with Gasteiger partial charge in [0.25, 0.3) is 0 Å². The van der Waals surface area contributed by atoms with Crippen LogP contribution in [-0.2, 0) is 20.7 Å². The second-order valence-corrected chi connectivity index (χ2v) is 9.47. The number of fused-ring (bicyclic) bond motifs is 1. The lowest BCUT2D eigenvalue weighted by Crippen LogP contribution is -2.40. The van der Waals surface area contributed by atoms with E-state index in [0.29, 0.717) is 6.42 Å². The molecule has 2 amide bonds. The van der Waals surface area contributed by atoms with E-state index in [9.17, 15) is 9.59 Å². The standard InChI is InChI=1S/C24H35N3O3.C2H6/c1-19(2)23(29)27-12-9-24(17-20-5-3-4-6-21(20)27)8-11-26(18-24)22(28)7-10-25-13-15-30-16-14-25;1-2/h3-6,19H,7-18H2,1-2H3;1-2H3. The molecule has 6 nitrogen and oxygen atoms in total. The van der Waals surface area contributed by atoms with E-state index in [1.54, 1.807) is 0 Å². The number of carbonyl (C=O) groups is 2. The van der Waals surface area contributed by atoms with Gasteiger partial charge < -0.3 is 14.5 Å². The summed E-state index contributed by atoms with van der Waals surface area (Å²) in [6, 6.07) is 8.32.